The van der Waals surface area contributed by atoms with Gasteiger partial charge in [0.2, 0.25) is 0 Å². The van der Waals surface area contributed by atoms with E-state index >= 15 is 0 Å². The second kappa shape index (κ2) is 29.7. The molecule has 7 heavy (non-hydrogen) atoms. The molecule has 0 bridgehead atoms. The van der Waals surface area contributed by atoms with Gasteiger partial charge in [0.1, 0.15) is 0 Å². The van der Waals surface area contributed by atoms with Gasteiger partial charge in [-0.3, -0.25) is 0 Å². The molecule has 0 spiro atoms. The monoisotopic (exact) mass is 323 g/mol. The number of nitrogens with one attached hydrogen (secondary N) is 1. The molecule has 0 aromatic heterocycles. The number of hydrogen-bond donors (Lipinski definition) is 1. The van der Waals surface area contributed by atoms with Gasteiger partial charge in [0.25, 0.3) is 0 Å². The van der Waals surface area contributed by atoms with E-state index in [2.05, 4.69) is 13.8 Å². The Labute approximate surface area is 69.8 Å². The average molecular weight is 323 g/mol. The van der Waals surface area contributed by atoms with Crippen molar-refractivity contribution >= 4 is 6.21 Å². The molecule has 0 aliphatic heterocycles. The van der Waals surface area contributed by atoms with Crippen molar-refractivity contribution in [3.63, 3.8) is 0 Å². The van der Waals surface area contributed by atoms with E-state index in [4.69, 9.17) is 5.41 Å². The normalized spacial score (nSPS) is 4.43. The Balaban J connectivity index is -0.0000000480. The van der Waals surface area contributed by atoms with E-state index < -0.39 is 0 Å². The average Bonchev–Trinajstić information content (AvgIpc) is 1.72. The molecule has 0 aromatic rings. The molecule has 1 N–H and O–H groups in total. The second-order valence-corrected chi connectivity index (χ2v) is 0.493. The number of hydrogen-bond acceptors (Lipinski definition) is 1. The predicted octanol–water partition coefficient (Wildman–Crippen LogP) is 1.70. The second-order valence-electron chi connectivity index (χ2n) is 0.493. The van der Waals surface area contributed by atoms with Crippen LogP contribution in [0.1, 0.15) is 13.3 Å². The van der Waals surface area contributed by atoms with Crippen LogP contribution in [0.15, 0.2) is 0 Å². The summed E-state index contributed by atoms with van der Waals surface area (Å²) in [6.45, 7) is 8.36. The van der Waals surface area contributed by atoms with Crippen LogP contribution in [0.3, 0.4) is 0 Å². The molecule has 0 atom stereocenters. The maximum atomic E-state index is 6.26. The van der Waals surface area contributed by atoms with Crippen molar-refractivity contribution in [1.29, 1.82) is 5.41 Å². The van der Waals surface area contributed by atoms with E-state index in [0.29, 0.717) is 6.42 Å². The summed E-state index contributed by atoms with van der Waals surface area (Å²) in [7, 11) is 0. The first kappa shape index (κ1) is 15.6. The van der Waals surface area contributed by atoms with Gasteiger partial charge in [-0.1, -0.05) is 0 Å². The zero-order valence-corrected chi connectivity index (χ0v) is 8.86. The van der Waals surface area contributed by atoms with Gasteiger partial charge < -0.3 is 19.3 Å². The third-order valence-corrected chi connectivity index (χ3v) is 0.144. The van der Waals surface area contributed by atoms with Crippen molar-refractivity contribution in [3.05, 3.63) is 13.8 Å². The van der Waals surface area contributed by atoms with Crippen LogP contribution in [0.25, 0.3) is 0 Å². The smallest absolute Gasteiger partial charge is 0.346 e. The van der Waals surface area contributed by atoms with Gasteiger partial charge in [-0.25, -0.2) is 0 Å². The van der Waals surface area contributed by atoms with Gasteiger partial charge in [0.15, 0.2) is 0 Å². The molecule has 0 aromatic carbocycles. The van der Waals surface area contributed by atoms with E-state index in [1.165, 1.54) is 6.21 Å². The minimum absolute atomic E-state index is 0. The molecule has 0 fully saturated rings. The summed E-state index contributed by atoms with van der Waals surface area (Å²) in [5.74, 6) is 0. The predicted molar refractivity (Wildman–Crippen MR) is 29.8 cm³/mol. The van der Waals surface area contributed by atoms with Crippen LogP contribution in [0, 0.1) is 50.4 Å². The Morgan fingerprint density at radius 3 is 1.71 bits per heavy atom. The fourth-order valence-electron chi connectivity index (χ4n) is 0. The van der Waals surface area contributed by atoms with Crippen LogP contribution in [0.4, 0.5) is 0 Å². The molecule has 0 saturated carbocycles. The summed E-state index contributed by atoms with van der Waals surface area (Å²) in [6, 6.07) is 0. The van der Waals surface area contributed by atoms with Crippen molar-refractivity contribution in [3.8, 4) is 0 Å². The summed E-state index contributed by atoms with van der Waals surface area (Å²) in [4.78, 5) is 0. The molecule has 0 aliphatic rings. The molecule has 2 heteroatoms. The Morgan fingerprint density at radius 1 is 1.57 bits per heavy atom. The molecular formula is C5H11NU. The quantitative estimate of drug-likeness (QED) is 0.561. The Bertz CT molecular complexity index is 22.0. The molecule has 0 saturated heterocycles. The van der Waals surface area contributed by atoms with Crippen molar-refractivity contribution in [2.24, 2.45) is 0 Å². The van der Waals surface area contributed by atoms with Crippen LogP contribution < -0.4 is 0 Å². The molecule has 1 nitrogen and oxygen atoms in total. The molecular weight excluding hydrogens is 312 g/mol. The molecule has 0 heterocycles. The largest absolute Gasteiger partial charge is 2.00 e. The topological polar surface area (TPSA) is 23.9 Å². The van der Waals surface area contributed by atoms with E-state index in [9.17, 15) is 0 Å². The van der Waals surface area contributed by atoms with Crippen molar-refractivity contribution in [2.45, 2.75) is 13.3 Å². The van der Waals surface area contributed by atoms with Gasteiger partial charge in [0.05, 0.1) is 0 Å². The molecule has 0 aliphatic carbocycles. The summed E-state index contributed by atoms with van der Waals surface area (Å²) in [6.07, 6.45) is 1.88. The van der Waals surface area contributed by atoms with E-state index in [1.54, 1.807) is 6.92 Å². The molecule has 0 unspecified atom stereocenters. The maximum absolute atomic E-state index is 6.26. The minimum atomic E-state index is 0. The first-order chi connectivity index (χ1) is 2.91. The Morgan fingerprint density at radius 2 is 1.71 bits per heavy atom. The third-order valence-electron chi connectivity index (χ3n) is 0.144. The van der Waals surface area contributed by atoms with Gasteiger partial charge in [-0.15, -0.1) is 6.42 Å². The van der Waals surface area contributed by atoms with Crippen LogP contribution in [-0.4, -0.2) is 6.21 Å². The van der Waals surface area contributed by atoms with Gasteiger partial charge in [0, 0.05) is 0 Å². The molecule has 0 amide bonds. The fourth-order valence-corrected chi connectivity index (χ4v) is 0. The number of rotatable bonds is 1. The molecule has 0 rings (SSSR count). The maximum Gasteiger partial charge on any atom is 2.00 e. The van der Waals surface area contributed by atoms with Gasteiger partial charge >= 0.3 is 31.1 Å². The summed E-state index contributed by atoms with van der Waals surface area (Å²) in [5.41, 5.74) is 0. The summed E-state index contributed by atoms with van der Waals surface area (Å²) >= 11 is 0. The zero-order chi connectivity index (χ0) is 5.41. The van der Waals surface area contributed by atoms with Gasteiger partial charge in [-0.05, 0) is 6.21 Å². The summed E-state index contributed by atoms with van der Waals surface area (Å²) in [5, 5.41) is 6.26. The SMILES string of the molecule is [CH2-]C.[CH2-]CC=N.[U+2]. The fraction of sp³-hybridized carbons (Fsp3) is 0.400. The van der Waals surface area contributed by atoms with Crippen molar-refractivity contribution in [2.75, 3.05) is 0 Å². The third kappa shape index (κ3) is 50.5. The Hall–Kier alpha value is 0.722. The van der Waals surface area contributed by atoms with E-state index in [-0.39, 0.29) is 31.1 Å². The van der Waals surface area contributed by atoms with Crippen LogP contribution >= 0.6 is 0 Å². The first-order valence-electron chi connectivity index (χ1n) is 1.90. The van der Waals surface area contributed by atoms with Gasteiger partial charge in [-0.2, -0.15) is 6.92 Å². The zero-order valence-electron chi connectivity index (χ0n) is 4.70. The van der Waals surface area contributed by atoms with E-state index in [1.807, 2.05) is 0 Å². The van der Waals surface area contributed by atoms with E-state index in [0.717, 1.165) is 0 Å². The van der Waals surface area contributed by atoms with Crippen LogP contribution in [0.5, 0.6) is 0 Å². The van der Waals surface area contributed by atoms with Crippen molar-refractivity contribution < 1.29 is 31.1 Å². The van der Waals surface area contributed by atoms with Crippen molar-refractivity contribution in [1.82, 2.24) is 0 Å². The standard InChI is InChI=1S/C3H6N.C2H5.U/c1-2-3-4;1-2;/h3-4H,1-2H2;1H2,2H3;/q2*-1;+2. The molecule has 40 valence electrons. The molecule has 0 radical (unpaired) electrons. The van der Waals surface area contributed by atoms with Crippen LogP contribution in [-0.2, 0) is 0 Å². The minimum Gasteiger partial charge on any atom is -0.346 e. The van der Waals surface area contributed by atoms with Crippen LogP contribution in [0.2, 0.25) is 0 Å². The summed E-state index contributed by atoms with van der Waals surface area (Å²) < 4.78 is 0. The Kier molecular flexibility index (Phi) is 66.4. The first-order valence-corrected chi connectivity index (χ1v) is 1.90.